The summed E-state index contributed by atoms with van der Waals surface area (Å²) >= 11 is 0. The third kappa shape index (κ3) is 2.15. The van der Waals surface area contributed by atoms with Crippen molar-refractivity contribution >= 4 is 11.5 Å². The molecular weight excluding hydrogens is 226 g/mol. The molecule has 0 fully saturated rings. The van der Waals surface area contributed by atoms with Gasteiger partial charge in [0, 0.05) is 19.3 Å². The summed E-state index contributed by atoms with van der Waals surface area (Å²) in [5, 5.41) is 9.55. The molecule has 18 heavy (non-hydrogen) atoms. The average molecular weight is 243 g/mol. The molecule has 4 nitrogen and oxygen atoms in total. The highest BCUT2D eigenvalue weighted by Gasteiger charge is 2.15. The molecule has 2 rings (SSSR count). The van der Waals surface area contributed by atoms with Crippen LogP contribution in [0.15, 0.2) is 49.7 Å². The van der Waals surface area contributed by atoms with Crippen LogP contribution in [0.25, 0.3) is 5.65 Å². The van der Waals surface area contributed by atoms with Crippen LogP contribution in [0.5, 0.6) is 0 Å². The number of hydrogen-bond donors (Lipinski definition) is 1. The van der Waals surface area contributed by atoms with Crippen molar-refractivity contribution in [2.75, 3.05) is 18.0 Å². The number of fused-ring (bicyclic) bond motifs is 1. The van der Waals surface area contributed by atoms with E-state index >= 15 is 0 Å². The Labute approximate surface area is 106 Å². The van der Waals surface area contributed by atoms with Gasteiger partial charge in [-0.15, -0.1) is 13.2 Å². The summed E-state index contributed by atoms with van der Waals surface area (Å²) in [6.07, 6.45) is 5.53. The van der Waals surface area contributed by atoms with Crippen molar-refractivity contribution in [3.8, 4) is 0 Å². The van der Waals surface area contributed by atoms with Crippen molar-refractivity contribution in [3.63, 3.8) is 0 Å². The topological polar surface area (TPSA) is 40.8 Å². The molecule has 0 atom stereocenters. The number of aliphatic hydroxyl groups excluding tert-OH is 1. The van der Waals surface area contributed by atoms with Crippen molar-refractivity contribution in [1.82, 2.24) is 9.38 Å². The van der Waals surface area contributed by atoms with Crippen LogP contribution in [0, 0.1) is 0 Å². The normalized spacial score (nSPS) is 10.5. The van der Waals surface area contributed by atoms with Crippen molar-refractivity contribution < 1.29 is 5.11 Å². The molecule has 2 heterocycles. The summed E-state index contributed by atoms with van der Waals surface area (Å²) in [5.74, 6) is 0.781. The van der Waals surface area contributed by atoms with E-state index < -0.39 is 0 Å². The molecule has 0 aromatic carbocycles. The number of aromatic nitrogens is 2. The van der Waals surface area contributed by atoms with Crippen LogP contribution >= 0.6 is 0 Å². The molecule has 2 aromatic rings. The van der Waals surface area contributed by atoms with Gasteiger partial charge < -0.3 is 10.0 Å². The van der Waals surface area contributed by atoms with Gasteiger partial charge in [0.2, 0.25) is 0 Å². The van der Waals surface area contributed by atoms with Crippen LogP contribution in [0.2, 0.25) is 0 Å². The number of nitrogens with zero attached hydrogens (tertiary/aromatic N) is 3. The Morgan fingerprint density at radius 1 is 1.28 bits per heavy atom. The van der Waals surface area contributed by atoms with Crippen molar-refractivity contribution in [3.05, 3.63) is 55.4 Å². The molecule has 1 N–H and O–H groups in total. The smallest absolute Gasteiger partial charge is 0.154 e. The minimum atomic E-state index is -0.0503. The second-order valence-corrected chi connectivity index (χ2v) is 3.95. The Morgan fingerprint density at radius 2 is 2.00 bits per heavy atom. The van der Waals surface area contributed by atoms with Crippen LogP contribution in [-0.2, 0) is 6.61 Å². The molecule has 2 aromatic heterocycles. The zero-order valence-electron chi connectivity index (χ0n) is 10.3. The monoisotopic (exact) mass is 243 g/mol. The van der Waals surface area contributed by atoms with Gasteiger partial charge in [-0.25, -0.2) is 4.98 Å². The van der Waals surface area contributed by atoms with E-state index in [9.17, 15) is 5.11 Å². The summed E-state index contributed by atoms with van der Waals surface area (Å²) in [5.41, 5.74) is 1.61. The molecule has 0 unspecified atom stereocenters. The van der Waals surface area contributed by atoms with Gasteiger partial charge in [0.15, 0.2) is 5.82 Å². The first-order chi connectivity index (χ1) is 8.81. The molecule has 0 spiro atoms. The van der Waals surface area contributed by atoms with Gasteiger partial charge in [-0.05, 0) is 12.1 Å². The fraction of sp³-hybridized carbons (Fsp3) is 0.214. The van der Waals surface area contributed by atoms with E-state index in [1.54, 1.807) is 0 Å². The molecule has 0 saturated heterocycles. The highest BCUT2D eigenvalue weighted by atomic mass is 16.3. The van der Waals surface area contributed by atoms with Gasteiger partial charge in [-0.2, -0.15) is 0 Å². The Hall–Kier alpha value is -2.07. The summed E-state index contributed by atoms with van der Waals surface area (Å²) in [7, 11) is 0. The predicted octanol–water partition coefficient (Wildman–Crippen LogP) is 2.01. The number of hydrogen-bond acceptors (Lipinski definition) is 3. The molecule has 94 valence electrons. The van der Waals surface area contributed by atoms with E-state index in [-0.39, 0.29) is 6.61 Å². The third-order valence-electron chi connectivity index (χ3n) is 2.76. The lowest BCUT2D eigenvalue weighted by atomic mass is 10.3. The van der Waals surface area contributed by atoms with E-state index in [2.05, 4.69) is 18.1 Å². The van der Waals surface area contributed by atoms with Crippen LogP contribution < -0.4 is 4.90 Å². The maximum absolute atomic E-state index is 9.55. The van der Waals surface area contributed by atoms with Crippen LogP contribution in [-0.4, -0.2) is 27.6 Å². The molecule has 0 aliphatic carbocycles. The first-order valence-electron chi connectivity index (χ1n) is 5.85. The van der Waals surface area contributed by atoms with E-state index in [0.717, 1.165) is 17.2 Å². The van der Waals surface area contributed by atoms with E-state index in [0.29, 0.717) is 13.1 Å². The largest absolute Gasteiger partial charge is 0.390 e. The second-order valence-electron chi connectivity index (χ2n) is 3.95. The SMILES string of the molecule is C=CCN(CC=C)c1nc2ccccn2c1CO. The van der Waals surface area contributed by atoms with Crippen LogP contribution in [0.1, 0.15) is 5.69 Å². The molecule has 4 heteroatoms. The lowest BCUT2D eigenvalue weighted by Crippen LogP contribution is -2.24. The van der Waals surface area contributed by atoms with Crippen molar-refractivity contribution in [2.45, 2.75) is 6.61 Å². The van der Waals surface area contributed by atoms with Crippen molar-refractivity contribution in [1.29, 1.82) is 0 Å². The van der Waals surface area contributed by atoms with Gasteiger partial charge >= 0.3 is 0 Å². The highest BCUT2D eigenvalue weighted by molar-refractivity contribution is 5.56. The van der Waals surface area contributed by atoms with E-state index in [1.165, 1.54) is 0 Å². The molecule has 0 saturated carbocycles. The Balaban J connectivity index is 2.53. The van der Waals surface area contributed by atoms with Gasteiger partial charge in [0.1, 0.15) is 5.65 Å². The maximum Gasteiger partial charge on any atom is 0.154 e. The van der Waals surface area contributed by atoms with E-state index in [4.69, 9.17) is 0 Å². The van der Waals surface area contributed by atoms with Gasteiger partial charge in [0.25, 0.3) is 0 Å². The molecule has 0 amide bonds. The number of aliphatic hydroxyl groups is 1. The lowest BCUT2D eigenvalue weighted by Gasteiger charge is -2.19. The number of imidazole rings is 1. The van der Waals surface area contributed by atoms with Crippen molar-refractivity contribution in [2.24, 2.45) is 0 Å². The second kappa shape index (κ2) is 5.51. The van der Waals surface area contributed by atoms with Gasteiger partial charge in [-0.1, -0.05) is 18.2 Å². The standard InChI is InChI=1S/C14H17N3O/c1-3-8-16(9-4-2)14-12(11-18)17-10-6-5-7-13(17)15-14/h3-7,10,18H,1-2,8-9,11H2. The Kier molecular flexibility index (Phi) is 3.79. The van der Waals surface area contributed by atoms with Gasteiger partial charge in [0.05, 0.1) is 12.3 Å². The predicted molar refractivity (Wildman–Crippen MR) is 73.7 cm³/mol. The quantitative estimate of drug-likeness (QED) is 0.789. The summed E-state index contributed by atoms with van der Waals surface area (Å²) in [6.45, 7) is 8.78. The minimum Gasteiger partial charge on any atom is -0.390 e. The zero-order chi connectivity index (χ0) is 13.0. The summed E-state index contributed by atoms with van der Waals surface area (Å²) in [4.78, 5) is 6.58. The maximum atomic E-state index is 9.55. The fourth-order valence-corrected chi connectivity index (χ4v) is 1.99. The lowest BCUT2D eigenvalue weighted by molar-refractivity contribution is 0.276. The molecule has 0 radical (unpaired) electrons. The van der Waals surface area contributed by atoms with Gasteiger partial charge in [-0.3, -0.25) is 4.40 Å². The molecule has 0 bridgehead atoms. The molecule has 0 aliphatic rings. The zero-order valence-corrected chi connectivity index (χ0v) is 10.3. The Bertz CT molecular complexity index is 549. The van der Waals surface area contributed by atoms with E-state index in [1.807, 2.05) is 45.8 Å². The average Bonchev–Trinajstić information content (AvgIpc) is 2.76. The number of pyridine rings is 1. The number of anilines is 1. The first kappa shape index (κ1) is 12.4. The highest BCUT2D eigenvalue weighted by Crippen LogP contribution is 2.21. The summed E-state index contributed by atoms with van der Waals surface area (Å²) < 4.78 is 1.90. The van der Waals surface area contributed by atoms with Crippen LogP contribution in [0.4, 0.5) is 5.82 Å². The minimum absolute atomic E-state index is 0.0503. The van der Waals surface area contributed by atoms with Crippen LogP contribution in [0.3, 0.4) is 0 Å². The molecule has 0 aliphatic heterocycles. The fourth-order valence-electron chi connectivity index (χ4n) is 1.99. The summed E-state index contributed by atoms with van der Waals surface area (Å²) in [6, 6.07) is 5.77. The first-order valence-corrected chi connectivity index (χ1v) is 5.85. The molecular formula is C14H17N3O. The number of rotatable bonds is 6. The Morgan fingerprint density at radius 3 is 2.61 bits per heavy atom. The third-order valence-corrected chi connectivity index (χ3v) is 2.76.